The lowest BCUT2D eigenvalue weighted by Gasteiger charge is -2.27. The zero-order chi connectivity index (χ0) is 14.7. The van der Waals surface area contributed by atoms with Gasteiger partial charge >= 0.3 is 0 Å². The summed E-state index contributed by atoms with van der Waals surface area (Å²) in [5.41, 5.74) is 2.29. The predicted octanol–water partition coefficient (Wildman–Crippen LogP) is 2.36. The summed E-state index contributed by atoms with van der Waals surface area (Å²) in [7, 11) is 0. The molecule has 5 nitrogen and oxygen atoms in total. The van der Waals surface area contributed by atoms with Crippen LogP contribution in [0.5, 0.6) is 0 Å². The molecule has 2 aromatic heterocycles. The lowest BCUT2D eigenvalue weighted by molar-refractivity contribution is 0.329. The number of aromatic nitrogens is 4. The molecule has 0 spiro atoms. The van der Waals surface area contributed by atoms with Crippen LogP contribution in [-0.2, 0) is 19.4 Å². The summed E-state index contributed by atoms with van der Waals surface area (Å²) in [6.45, 7) is 2.91. The maximum atomic E-state index is 12.1. The molecule has 0 bridgehead atoms. The van der Waals surface area contributed by atoms with E-state index in [1.54, 1.807) is 6.07 Å². The maximum Gasteiger partial charge on any atom is 0.251 e. The monoisotopic (exact) mass is 286 g/mol. The molecule has 112 valence electrons. The molecular weight excluding hydrogens is 264 g/mol. The molecule has 0 aliphatic carbocycles. The van der Waals surface area contributed by atoms with Crippen LogP contribution in [0.25, 0.3) is 0 Å². The smallest absolute Gasteiger partial charge is 0.251 e. The highest BCUT2D eigenvalue weighted by Crippen LogP contribution is 2.23. The van der Waals surface area contributed by atoms with E-state index < -0.39 is 0 Å². The van der Waals surface area contributed by atoms with Crippen LogP contribution in [0, 0.1) is 0 Å². The Bertz CT molecular complexity index is 658. The maximum absolute atomic E-state index is 12.1. The van der Waals surface area contributed by atoms with Crippen molar-refractivity contribution >= 4 is 0 Å². The van der Waals surface area contributed by atoms with Crippen molar-refractivity contribution in [1.82, 2.24) is 19.6 Å². The third-order valence-electron chi connectivity index (χ3n) is 4.18. The molecule has 0 amide bonds. The first-order valence-corrected chi connectivity index (χ1v) is 7.87. The molecular formula is C16H22N4O. The second-order valence-electron chi connectivity index (χ2n) is 5.81. The fourth-order valence-corrected chi connectivity index (χ4v) is 3.10. The molecule has 0 radical (unpaired) electrons. The largest absolute Gasteiger partial charge is 0.308 e. The lowest BCUT2D eigenvalue weighted by Crippen LogP contribution is -2.32. The van der Waals surface area contributed by atoms with Crippen molar-refractivity contribution in [3.8, 4) is 0 Å². The van der Waals surface area contributed by atoms with Crippen LogP contribution in [-0.4, -0.2) is 19.6 Å². The van der Waals surface area contributed by atoms with E-state index in [1.165, 1.54) is 0 Å². The molecule has 0 fully saturated rings. The summed E-state index contributed by atoms with van der Waals surface area (Å²) in [6.07, 6.45) is 8.47. The van der Waals surface area contributed by atoms with E-state index >= 15 is 0 Å². The first kappa shape index (κ1) is 14.0. The molecule has 1 atom stereocenters. The van der Waals surface area contributed by atoms with Gasteiger partial charge in [-0.05, 0) is 38.2 Å². The van der Waals surface area contributed by atoms with Crippen molar-refractivity contribution in [3.63, 3.8) is 0 Å². The molecule has 3 rings (SSSR count). The summed E-state index contributed by atoms with van der Waals surface area (Å²) in [6, 6.07) is 5.76. The highest BCUT2D eigenvalue weighted by molar-refractivity contribution is 5.10. The van der Waals surface area contributed by atoms with E-state index in [0.717, 1.165) is 56.5 Å². The minimum atomic E-state index is 0.100. The third kappa shape index (κ3) is 3.06. The number of nitrogens with zero attached hydrogens (tertiary/aromatic N) is 4. The van der Waals surface area contributed by atoms with Crippen molar-refractivity contribution in [3.05, 3.63) is 46.1 Å². The Kier molecular flexibility index (Phi) is 4.18. The number of hydrogen-bond acceptors (Lipinski definition) is 3. The number of aryl methyl sites for hydroxylation is 2. The van der Waals surface area contributed by atoms with Gasteiger partial charge in [0.25, 0.3) is 5.56 Å². The van der Waals surface area contributed by atoms with Gasteiger partial charge in [-0.3, -0.25) is 9.48 Å². The Morgan fingerprint density at radius 1 is 1.38 bits per heavy atom. The topological polar surface area (TPSA) is 52.7 Å². The molecule has 1 unspecified atom stereocenters. The molecule has 2 aromatic rings. The zero-order valence-electron chi connectivity index (χ0n) is 12.5. The minimum absolute atomic E-state index is 0.100. The van der Waals surface area contributed by atoms with Crippen LogP contribution >= 0.6 is 0 Å². The lowest BCUT2D eigenvalue weighted by atomic mass is 10.0. The molecule has 3 heterocycles. The van der Waals surface area contributed by atoms with Crippen LogP contribution in [0.1, 0.15) is 50.0 Å². The van der Waals surface area contributed by atoms with Crippen LogP contribution < -0.4 is 5.56 Å². The van der Waals surface area contributed by atoms with Gasteiger partial charge in [0.15, 0.2) is 0 Å². The SMILES string of the molecule is CCCCc1cn(CC2CCCc3cccc(=O)n32)nn1. The van der Waals surface area contributed by atoms with Gasteiger partial charge in [0.1, 0.15) is 0 Å². The number of pyridine rings is 1. The molecule has 5 heteroatoms. The fraction of sp³-hybridized carbons (Fsp3) is 0.562. The molecule has 0 saturated carbocycles. The second kappa shape index (κ2) is 6.24. The van der Waals surface area contributed by atoms with E-state index in [4.69, 9.17) is 0 Å². The van der Waals surface area contributed by atoms with Crippen molar-refractivity contribution in [2.75, 3.05) is 0 Å². The number of unbranched alkanes of at least 4 members (excludes halogenated alkanes) is 1. The molecule has 0 aromatic carbocycles. The summed E-state index contributed by atoms with van der Waals surface area (Å²) in [4.78, 5) is 12.1. The van der Waals surface area contributed by atoms with Gasteiger partial charge in [0, 0.05) is 18.0 Å². The highest BCUT2D eigenvalue weighted by atomic mass is 16.1. The van der Waals surface area contributed by atoms with Crippen molar-refractivity contribution in [2.24, 2.45) is 0 Å². The quantitative estimate of drug-likeness (QED) is 0.848. The molecule has 1 aliphatic rings. The Hall–Kier alpha value is -1.91. The molecule has 21 heavy (non-hydrogen) atoms. The zero-order valence-corrected chi connectivity index (χ0v) is 12.5. The van der Waals surface area contributed by atoms with Crippen LogP contribution in [0.3, 0.4) is 0 Å². The number of hydrogen-bond donors (Lipinski definition) is 0. The summed E-state index contributed by atoms with van der Waals surface area (Å²) < 4.78 is 3.83. The van der Waals surface area contributed by atoms with Gasteiger partial charge in [-0.2, -0.15) is 0 Å². The normalized spacial score (nSPS) is 17.7. The third-order valence-corrected chi connectivity index (χ3v) is 4.18. The van der Waals surface area contributed by atoms with Crippen molar-refractivity contribution < 1.29 is 0 Å². The first-order chi connectivity index (χ1) is 10.3. The Morgan fingerprint density at radius 2 is 2.29 bits per heavy atom. The number of fused-ring (bicyclic) bond motifs is 1. The van der Waals surface area contributed by atoms with Gasteiger partial charge in [-0.15, -0.1) is 5.10 Å². The van der Waals surface area contributed by atoms with Crippen LogP contribution in [0.2, 0.25) is 0 Å². The van der Waals surface area contributed by atoms with E-state index in [2.05, 4.69) is 23.3 Å². The van der Waals surface area contributed by atoms with Crippen LogP contribution in [0.15, 0.2) is 29.2 Å². The highest BCUT2D eigenvalue weighted by Gasteiger charge is 2.21. The van der Waals surface area contributed by atoms with Crippen molar-refractivity contribution in [2.45, 2.75) is 58.0 Å². The van der Waals surface area contributed by atoms with Gasteiger partial charge in [0.05, 0.1) is 18.3 Å². The second-order valence-corrected chi connectivity index (χ2v) is 5.81. The van der Waals surface area contributed by atoms with Crippen LogP contribution in [0.4, 0.5) is 0 Å². The average Bonchev–Trinajstić information content (AvgIpc) is 2.93. The Balaban J connectivity index is 1.77. The van der Waals surface area contributed by atoms with E-state index in [0.29, 0.717) is 0 Å². The predicted molar refractivity (Wildman–Crippen MR) is 81.3 cm³/mol. The standard InChI is InChI=1S/C16H22N4O/c1-2-3-6-13-11-19(18-17-13)12-15-9-4-7-14-8-5-10-16(21)20(14)15/h5,8,10-11,15H,2-4,6-7,9,12H2,1H3. The number of rotatable bonds is 5. The summed E-state index contributed by atoms with van der Waals surface area (Å²) >= 11 is 0. The molecule has 0 saturated heterocycles. The first-order valence-electron chi connectivity index (χ1n) is 7.87. The van der Waals surface area contributed by atoms with Crippen molar-refractivity contribution in [1.29, 1.82) is 0 Å². The Labute approximate surface area is 124 Å². The van der Waals surface area contributed by atoms with Gasteiger partial charge in [-0.25, -0.2) is 0 Å². The molecule has 0 N–H and O–H groups in total. The fourth-order valence-electron chi connectivity index (χ4n) is 3.10. The van der Waals surface area contributed by atoms with E-state index in [-0.39, 0.29) is 11.6 Å². The summed E-state index contributed by atoms with van der Waals surface area (Å²) in [5.74, 6) is 0. The van der Waals surface area contributed by atoms with E-state index in [9.17, 15) is 4.79 Å². The minimum Gasteiger partial charge on any atom is -0.308 e. The van der Waals surface area contributed by atoms with E-state index in [1.807, 2.05) is 21.5 Å². The average molecular weight is 286 g/mol. The van der Waals surface area contributed by atoms with Gasteiger partial charge in [0.2, 0.25) is 0 Å². The molecule has 1 aliphatic heterocycles. The van der Waals surface area contributed by atoms with Gasteiger partial charge < -0.3 is 4.57 Å². The Morgan fingerprint density at radius 3 is 3.14 bits per heavy atom. The van der Waals surface area contributed by atoms with Gasteiger partial charge in [-0.1, -0.05) is 24.6 Å². The summed E-state index contributed by atoms with van der Waals surface area (Å²) in [5, 5.41) is 8.44.